The Hall–Kier alpha value is -1.58. The van der Waals surface area contributed by atoms with Crippen molar-refractivity contribution in [1.82, 2.24) is 4.98 Å². The Labute approximate surface area is 87.1 Å². The number of benzene rings is 1. The second-order valence-corrected chi connectivity index (χ2v) is 4.06. The lowest BCUT2D eigenvalue weighted by Crippen LogP contribution is -1.93. The molecule has 0 aliphatic carbocycles. The summed E-state index contributed by atoms with van der Waals surface area (Å²) in [5.74, 6) is 0.537. The van der Waals surface area contributed by atoms with Gasteiger partial charge < -0.3 is 10.2 Å². The maximum absolute atomic E-state index is 13.4. The van der Waals surface area contributed by atoms with Gasteiger partial charge in [0.1, 0.15) is 5.52 Å². The molecule has 2 N–H and O–H groups in total. The molecule has 0 amide bonds. The first kappa shape index (κ1) is 9.96. The highest BCUT2D eigenvalue weighted by Crippen LogP contribution is 2.23. The van der Waals surface area contributed by atoms with Crippen molar-refractivity contribution in [2.75, 3.05) is 5.73 Å². The van der Waals surface area contributed by atoms with Crippen LogP contribution in [0.5, 0.6) is 0 Å². The van der Waals surface area contributed by atoms with Crippen molar-refractivity contribution in [2.24, 2.45) is 5.92 Å². The van der Waals surface area contributed by atoms with Crippen LogP contribution >= 0.6 is 0 Å². The van der Waals surface area contributed by atoms with Crippen LogP contribution in [0.2, 0.25) is 0 Å². The first-order chi connectivity index (χ1) is 7.06. The topological polar surface area (TPSA) is 52.0 Å². The van der Waals surface area contributed by atoms with Crippen LogP contribution in [0, 0.1) is 11.7 Å². The molecule has 1 heterocycles. The van der Waals surface area contributed by atoms with Gasteiger partial charge in [-0.05, 0) is 12.0 Å². The fraction of sp³-hybridized carbons (Fsp3) is 0.364. The van der Waals surface area contributed by atoms with Gasteiger partial charge in [-0.15, -0.1) is 0 Å². The summed E-state index contributed by atoms with van der Waals surface area (Å²) in [6, 6.07) is 2.86. The van der Waals surface area contributed by atoms with Crippen molar-refractivity contribution in [2.45, 2.75) is 20.3 Å². The second-order valence-electron chi connectivity index (χ2n) is 4.06. The Morgan fingerprint density at radius 2 is 2.20 bits per heavy atom. The fourth-order valence-corrected chi connectivity index (χ4v) is 1.49. The molecule has 80 valence electrons. The quantitative estimate of drug-likeness (QED) is 0.772. The summed E-state index contributed by atoms with van der Waals surface area (Å²) in [4.78, 5) is 4.19. The number of fused-ring (bicyclic) bond motifs is 1. The summed E-state index contributed by atoms with van der Waals surface area (Å²) in [5, 5.41) is 0. The average molecular weight is 208 g/mol. The predicted octanol–water partition coefficient (Wildman–Crippen LogP) is 2.75. The van der Waals surface area contributed by atoms with E-state index in [1.807, 2.05) is 0 Å². The zero-order valence-electron chi connectivity index (χ0n) is 8.75. The fourth-order valence-electron chi connectivity index (χ4n) is 1.49. The number of nitrogens with zero attached hydrogens (tertiary/aromatic N) is 1. The van der Waals surface area contributed by atoms with Crippen molar-refractivity contribution >= 4 is 16.8 Å². The largest absolute Gasteiger partial charge is 0.438 e. The molecule has 2 aromatic rings. The van der Waals surface area contributed by atoms with Gasteiger partial charge in [-0.3, -0.25) is 0 Å². The number of aromatic nitrogens is 1. The lowest BCUT2D eigenvalue weighted by Gasteiger charge is -1.97. The van der Waals surface area contributed by atoms with Crippen molar-refractivity contribution in [3.63, 3.8) is 0 Å². The maximum Gasteiger partial charge on any atom is 0.195 e. The lowest BCUT2D eigenvalue weighted by molar-refractivity contribution is 0.469. The smallest absolute Gasteiger partial charge is 0.195 e. The van der Waals surface area contributed by atoms with E-state index in [4.69, 9.17) is 10.2 Å². The summed E-state index contributed by atoms with van der Waals surface area (Å²) in [6.45, 7) is 4.11. The normalized spacial score (nSPS) is 11.5. The number of halogens is 1. The van der Waals surface area contributed by atoms with Crippen LogP contribution in [0.1, 0.15) is 19.7 Å². The molecule has 4 heteroatoms. The zero-order valence-corrected chi connectivity index (χ0v) is 8.75. The van der Waals surface area contributed by atoms with E-state index in [2.05, 4.69) is 18.8 Å². The standard InChI is InChI=1S/C11H13FN2O/c1-6(2)3-10-14-9-5-7(13)4-8(12)11(9)15-10/h4-6H,3,13H2,1-2H3. The number of rotatable bonds is 2. The monoisotopic (exact) mass is 208 g/mol. The number of nitrogen functional groups attached to an aromatic ring is 1. The summed E-state index contributed by atoms with van der Waals surface area (Å²) in [7, 11) is 0. The molecule has 1 aromatic heterocycles. The minimum Gasteiger partial charge on any atom is -0.438 e. The van der Waals surface area contributed by atoms with Gasteiger partial charge in [0, 0.05) is 18.2 Å². The van der Waals surface area contributed by atoms with E-state index in [1.165, 1.54) is 6.07 Å². The number of hydrogen-bond acceptors (Lipinski definition) is 3. The minimum atomic E-state index is -0.451. The highest BCUT2D eigenvalue weighted by molar-refractivity contribution is 5.77. The Balaban J connectivity index is 2.50. The van der Waals surface area contributed by atoms with Crippen LogP contribution in [0.4, 0.5) is 10.1 Å². The van der Waals surface area contributed by atoms with Gasteiger partial charge in [0.05, 0.1) is 0 Å². The van der Waals surface area contributed by atoms with E-state index < -0.39 is 5.82 Å². The van der Waals surface area contributed by atoms with E-state index in [0.29, 0.717) is 29.4 Å². The van der Waals surface area contributed by atoms with Crippen LogP contribution < -0.4 is 5.73 Å². The molecule has 0 unspecified atom stereocenters. The second kappa shape index (κ2) is 3.53. The van der Waals surface area contributed by atoms with E-state index >= 15 is 0 Å². The van der Waals surface area contributed by atoms with E-state index in [9.17, 15) is 4.39 Å². The minimum absolute atomic E-state index is 0.194. The summed E-state index contributed by atoms with van der Waals surface area (Å²) in [5.41, 5.74) is 6.56. The molecule has 0 spiro atoms. The first-order valence-corrected chi connectivity index (χ1v) is 4.90. The van der Waals surface area contributed by atoms with Crippen molar-refractivity contribution in [1.29, 1.82) is 0 Å². The SMILES string of the molecule is CC(C)Cc1nc2cc(N)cc(F)c2o1. The Bertz CT molecular complexity index is 491. The van der Waals surface area contributed by atoms with Crippen LogP contribution in [-0.2, 0) is 6.42 Å². The average Bonchev–Trinajstić information content (AvgIpc) is 2.45. The Morgan fingerprint density at radius 1 is 1.47 bits per heavy atom. The molecule has 0 aliphatic rings. The van der Waals surface area contributed by atoms with Crippen molar-refractivity contribution < 1.29 is 8.81 Å². The van der Waals surface area contributed by atoms with Gasteiger partial charge >= 0.3 is 0 Å². The van der Waals surface area contributed by atoms with Crippen molar-refractivity contribution in [3.05, 3.63) is 23.8 Å². The zero-order chi connectivity index (χ0) is 11.0. The number of oxazole rings is 1. The Morgan fingerprint density at radius 3 is 2.87 bits per heavy atom. The predicted molar refractivity (Wildman–Crippen MR) is 56.9 cm³/mol. The molecule has 0 radical (unpaired) electrons. The van der Waals surface area contributed by atoms with Gasteiger partial charge in [0.15, 0.2) is 17.3 Å². The van der Waals surface area contributed by atoms with Crippen LogP contribution in [0.3, 0.4) is 0 Å². The molecule has 1 aromatic carbocycles. The third kappa shape index (κ3) is 1.93. The first-order valence-electron chi connectivity index (χ1n) is 4.90. The van der Waals surface area contributed by atoms with Crippen LogP contribution in [0.25, 0.3) is 11.1 Å². The van der Waals surface area contributed by atoms with E-state index in [-0.39, 0.29) is 5.58 Å². The van der Waals surface area contributed by atoms with Crippen LogP contribution in [-0.4, -0.2) is 4.98 Å². The molecule has 0 saturated heterocycles. The third-order valence-electron chi connectivity index (χ3n) is 2.09. The van der Waals surface area contributed by atoms with E-state index in [0.717, 1.165) is 0 Å². The molecule has 3 nitrogen and oxygen atoms in total. The molecule has 2 rings (SSSR count). The molecular formula is C11H13FN2O. The van der Waals surface area contributed by atoms with Crippen LogP contribution in [0.15, 0.2) is 16.5 Å². The molecule has 0 atom stereocenters. The summed E-state index contributed by atoms with van der Waals surface area (Å²) >= 11 is 0. The van der Waals surface area contributed by atoms with Crippen molar-refractivity contribution in [3.8, 4) is 0 Å². The van der Waals surface area contributed by atoms with Gasteiger partial charge in [-0.1, -0.05) is 13.8 Å². The number of hydrogen-bond donors (Lipinski definition) is 1. The molecule has 0 bridgehead atoms. The van der Waals surface area contributed by atoms with Gasteiger partial charge in [0.2, 0.25) is 0 Å². The molecule has 0 saturated carbocycles. The molecular weight excluding hydrogens is 195 g/mol. The third-order valence-corrected chi connectivity index (χ3v) is 2.09. The lowest BCUT2D eigenvalue weighted by atomic mass is 10.1. The van der Waals surface area contributed by atoms with Gasteiger partial charge in [0.25, 0.3) is 0 Å². The number of anilines is 1. The number of nitrogens with two attached hydrogens (primary N) is 1. The van der Waals surface area contributed by atoms with Gasteiger partial charge in [-0.25, -0.2) is 9.37 Å². The summed E-state index contributed by atoms with van der Waals surface area (Å²) < 4.78 is 18.7. The van der Waals surface area contributed by atoms with E-state index in [1.54, 1.807) is 6.07 Å². The highest BCUT2D eigenvalue weighted by Gasteiger charge is 2.11. The summed E-state index contributed by atoms with van der Waals surface area (Å²) in [6.07, 6.45) is 0.702. The molecule has 0 aliphatic heterocycles. The molecule has 0 fully saturated rings. The maximum atomic E-state index is 13.4. The highest BCUT2D eigenvalue weighted by atomic mass is 19.1. The Kier molecular flexibility index (Phi) is 2.34. The van der Waals surface area contributed by atoms with Gasteiger partial charge in [-0.2, -0.15) is 0 Å². The molecule has 15 heavy (non-hydrogen) atoms.